The van der Waals surface area contributed by atoms with Gasteiger partial charge in [-0.25, -0.2) is 13.2 Å². The van der Waals surface area contributed by atoms with E-state index >= 15 is 0 Å². The van der Waals surface area contributed by atoms with Crippen molar-refractivity contribution < 1.29 is 45.7 Å². The van der Waals surface area contributed by atoms with Gasteiger partial charge in [0.1, 0.15) is 10.6 Å². The molecule has 2 rings (SSSR count). The lowest BCUT2D eigenvalue weighted by Crippen LogP contribution is -2.20. The molecule has 0 aliphatic heterocycles. The molecular weight excluding hydrogens is 479 g/mol. The number of ether oxygens (including phenoxy) is 3. The summed E-state index contributed by atoms with van der Waals surface area (Å²) in [5.74, 6) is -1.93. The van der Waals surface area contributed by atoms with Gasteiger partial charge < -0.3 is 19.3 Å². The van der Waals surface area contributed by atoms with E-state index in [2.05, 4.69) is 9.46 Å². The average Bonchev–Trinajstić information content (AvgIpc) is 2.69. The van der Waals surface area contributed by atoms with E-state index in [-0.39, 0.29) is 27.8 Å². The zero-order valence-electron chi connectivity index (χ0n) is 16.6. The Morgan fingerprint density at radius 1 is 1.16 bits per heavy atom. The fourth-order valence-corrected chi connectivity index (χ4v) is 3.93. The fraction of sp³-hybridized carbons (Fsp3) is 0.211. The summed E-state index contributed by atoms with van der Waals surface area (Å²) in [6, 6.07) is 5.82. The van der Waals surface area contributed by atoms with Crippen LogP contribution in [0.4, 0.5) is 18.9 Å². The third kappa shape index (κ3) is 6.69. The van der Waals surface area contributed by atoms with E-state index in [0.29, 0.717) is 0 Å². The molecule has 2 aromatic rings. The number of methoxy groups -OCH3 is 2. The van der Waals surface area contributed by atoms with Crippen molar-refractivity contribution in [2.45, 2.75) is 11.1 Å². The average molecular weight is 496 g/mol. The lowest BCUT2D eigenvalue weighted by molar-refractivity contribution is -0.153. The van der Waals surface area contributed by atoms with Gasteiger partial charge in [-0.3, -0.25) is 4.72 Å². The molecule has 174 valence electrons. The predicted octanol–water partition coefficient (Wildman–Crippen LogP) is 4.20. The Labute approximate surface area is 186 Å². The second-order valence-electron chi connectivity index (χ2n) is 6.08. The van der Waals surface area contributed by atoms with Crippen molar-refractivity contribution in [3.05, 3.63) is 47.0 Å². The number of rotatable bonds is 9. The van der Waals surface area contributed by atoms with Crippen molar-refractivity contribution in [3.8, 4) is 17.2 Å². The monoisotopic (exact) mass is 495 g/mol. The molecule has 0 saturated carbocycles. The van der Waals surface area contributed by atoms with Gasteiger partial charge in [0.15, 0.2) is 18.1 Å². The van der Waals surface area contributed by atoms with E-state index in [1.54, 1.807) is 0 Å². The van der Waals surface area contributed by atoms with Crippen LogP contribution in [-0.2, 0) is 14.8 Å². The molecular formula is C19H17ClF3NO7S. The second-order valence-corrected chi connectivity index (χ2v) is 8.16. The van der Waals surface area contributed by atoms with Gasteiger partial charge in [-0.2, -0.15) is 13.2 Å². The molecule has 0 bridgehead atoms. The number of carbonyl (C=O) groups is 1. The first-order valence-electron chi connectivity index (χ1n) is 8.55. The third-order valence-corrected chi connectivity index (χ3v) is 5.36. The first-order chi connectivity index (χ1) is 14.9. The second kappa shape index (κ2) is 10.0. The van der Waals surface area contributed by atoms with Crippen molar-refractivity contribution in [3.63, 3.8) is 0 Å². The molecule has 0 fully saturated rings. The summed E-state index contributed by atoms with van der Waals surface area (Å²) in [5, 5.41) is 8.84. The molecule has 0 heterocycles. The van der Waals surface area contributed by atoms with Crippen LogP contribution in [0, 0.1) is 0 Å². The van der Waals surface area contributed by atoms with Crippen LogP contribution in [0.15, 0.2) is 41.3 Å². The summed E-state index contributed by atoms with van der Waals surface area (Å²) >= 11 is 5.86. The molecule has 8 nitrogen and oxygen atoms in total. The largest absolute Gasteiger partial charge is 0.493 e. The molecule has 0 amide bonds. The summed E-state index contributed by atoms with van der Waals surface area (Å²) in [6.45, 7) is -1.66. The quantitative estimate of drug-likeness (QED) is 0.501. The molecule has 0 spiro atoms. The van der Waals surface area contributed by atoms with Gasteiger partial charge in [0.05, 0.1) is 19.9 Å². The Bertz CT molecular complexity index is 1130. The third-order valence-electron chi connectivity index (χ3n) is 3.75. The molecule has 2 N–H and O–H groups in total. The number of hydrogen-bond acceptors (Lipinski definition) is 6. The molecule has 2 aromatic carbocycles. The minimum atomic E-state index is -4.66. The Morgan fingerprint density at radius 3 is 2.41 bits per heavy atom. The number of sulfonamides is 1. The molecule has 0 aliphatic carbocycles. The highest BCUT2D eigenvalue weighted by molar-refractivity contribution is 7.92. The zero-order valence-corrected chi connectivity index (χ0v) is 18.1. The van der Waals surface area contributed by atoms with Gasteiger partial charge in [0.25, 0.3) is 10.0 Å². The van der Waals surface area contributed by atoms with E-state index in [4.69, 9.17) is 26.2 Å². The van der Waals surface area contributed by atoms with Crippen LogP contribution in [0.3, 0.4) is 0 Å². The topological polar surface area (TPSA) is 111 Å². The van der Waals surface area contributed by atoms with Crippen LogP contribution < -0.4 is 18.9 Å². The van der Waals surface area contributed by atoms with Gasteiger partial charge in [-0.1, -0.05) is 11.6 Å². The normalized spacial score (nSPS) is 11.9. The number of aliphatic carboxylic acids is 1. The van der Waals surface area contributed by atoms with E-state index in [9.17, 15) is 26.4 Å². The number of carboxylic acids is 1. The maximum absolute atomic E-state index is 13.1. The van der Waals surface area contributed by atoms with Crippen LogP contribution in [-0.4, -0.2) is 46.5 Å². The number of benzene rings is 2. The smallest absolute Gasteiger partial charge is 0.422 e. The standard InChI is InChI=1S/C19H17ClF3NO7S/c1-29-15-7-11(3-6-17(25)26)8-16(18(15)30-2)32(27,28)24-13-9-12(20)4-5-14(13)31-10-19(21,22)23/h3-9,24H,10H2,1-2H3,(H,25,26)/b6-3+. The van der Waals surface area contributed by atoms with Crippen molar-refractivity contribution in [1.29, 1.82) is 0 Å². The van der Waals surface area contributed by atoms with Gasteiger partial charge in [0.2, 0.25) is 0 Å². The van der Waals surface area contributed by atoms with E-state index in [0.717, 1.165) is 30.4 Å². The van der Waals surface area contributed by atoms with Gasteiger partial charge in [0, 0.05) is 11.1 Å². The highest BCUT2D eigenvalue weighted by Crippen LogP contribution is 2.38. The maximum atomic E-state index is 13.1. The molecule has 0 radical (unpaired) electrons. The van der Waals surface area contributed by atoms with Crippen LogP contribution >= 0.6 is 11.6 Å². The number of carboxylic acid groups (broad SMARTS) is 1. The fourth-order valence-electron chi connectivity index (χ4n) is 2.48. The van der Waals surface area contributed by atoms with E-state index < -0.39 is 39.4 Å². The lowest BCUT2D eigenvalue weighted by Gasteiger charge is -2.18. The van der Waals surface area contributed by atoms with E-state index in [1.165, 1.54) is 26.4 Å². The Morgan fingerprint density at radius 2 is 1.84 bits per heavy atom. The summed E-state index contributed by atoms with van der Waals surface area (Å²) in [5.41, 5.74) is -0.209. The Kier molecular flexibility index (Phi) is 7.86. The molecule has 0 saturated heterocycles. The lowest BCUT2D eigenvalue weighted by atomic mass is 10.2. The van der Waals surface area contributed by atoms with Crippen LogP contribution in [0.5, 0.6) is 17.2 Å². The van der Waals surface area contributed by atoms with Crippen LogP contribution in [0.25, 0.3) is 6.08 Å². The molecule has 0 atom stereocenters. The Hall–Kier alpha value is -3.12. The molecule has 13 heteroatoms. The summed E-state index contributed by atoms with van der Waals surface area (Å²) in [6.07, 6.45) is -2.75. The first-order valence-corrected chi connectivity index (χ1v) is 10.4. The molecule has 0 unspecified atom stereocenters. The van der Waals surface area contributed by atoms with Crippen LogP contribution in [0.1, 0.15) is 5.56 Å². The summed E-state index contributed by atoms with van der Waals surface area (Å²) in [4.78, 5) is 10.3. The predicted molar refractivity (Wildman–Crippen MR) is 110 cm³/mol. The first kappa shape index (κ1) is 25.1. The van der Waals surface area contributed by atoms with Crippen molar-refractivity contribution >= 4 is 39.4 Å². The highest BCUT2D eigenvalue weighted by atomic mass is 35.5. The molecule has 0 aliphatic rings. The molecule has 0 aromatic heterocycles. The van der Waals surface area contributed by atoms with Gasteiger partial charge >= 0.3 is 12.1 Å². The number of hydrogen-bond donors (Lipinski definition) is 2. The van der Waals surface area contributed by atoms with Crippen LogP contribution in [0.2, 0.25) is 5.02 Å². The maximum Gasteiger partial charge on any atom is 0.422 e. The van der Waals surface area contributed by atoms with Gasteiger partial charge in [-0.05, 0) is 42.0 Å². The van der Waals surface area contributed by atoms with E-state index in [1.807, 2.05) is 0 Å². The van der Waals surface area contributed by atoms with Crippen molar-refractivity contribution in [2.24, 2.45) is 0 Å². The summed E-state index contributed by atoms with van der Waals surface area (Å²) < 4.78 is 80.9. The van der Waals surface area contributed by atoms with Crippen molar-refractivity contribution in [1.82, 2.24) is 0 Å². The highest BCUT2D eigenvalue weighted by Gasteiger charge is 2.30. The number of nitrogens with one attached hydrogen (secondary N) is 1. The van der Waals surface area contributed by atoms with Crippen molar-refractivity contribution in [2.75, 3.05) is 25.5 Å². The summed E-state index contributed by atoms with van der Waals surface area (Å²) in [7, 11) is -2.08. The minimum absolute atomic E-state index is 0.0277. The Balaban J connectivity index is 2.55. The SMILES string of the molecule is COc1cc(/C=C/C(=O)O)cc(S(=O)(=O)Nc2cc(Cl)ccc2OCC(F)(F)F)c1OC. The zero-order chi connectivity index (χ0) is 24.1. The van der Waals surface area contributed by atoms with Gasteiger partial charge in [-0.15, -0.1) is 0 Å². The minimum Gasteiger partial charge on any atom is -0.493 e. The number of halogens is 4. The number of alkyl halides is 3. The number of anilines is 1. The molecule has 32 heavy (non-hydrogen) atoms.